The lowest BCUT2D eigenvalue weighted by molar-refractivity contribution is 0.0953. The van der Waals surface area contributed by atoms with Gasteiger partial charge >= 0.3 is 0 Å². The molecule has 0 atom stereocenters. The predicted molar refractivity (Wildman–Crippen MR) is 157 cm³/mol. The molecule has 5 nitrogen and oxygen atoms in total. The molecule has 0 unspecified atom stereocenters. The third kappa shape index (κ3) is 7.52. The lowest BCUT2D eigenvalue weighted by Crippen LogP contribution is -2.24. The van der Waals surface area contributed by atoms with Crippen LogP contribution in [0.25, 0.3) is 11.0 Å². The molecule has 7 heteroatoms. The largest absolute Gasteiger partial charge is 0.494 e. The fourth-order valence-electron chi connectivity index (χ4n) is 4.64. The zero-order valence-electron chi connectivity index (χ0n) is 22.1. The highest BCUT2D eigenvalue weighted by molar-refractivity contribution is 6.32. The lowest BCUT2D eigenvalue weighted by atomic mass is 10.1. The Bertz CT molecular complexity index is 1360. The molecule has 1 amide bonds. The first-order chi connectivity index (χ1) is 18.4. The van der Waals surface area contributed by atoms with Crippen LogP contribution in [-0.4, -0.2) is 28.6 Å². The summed E-state index contributed by atoms with van der Waals surface area (Å²) in [5.41, 5.74) is 4.90. The number of fused-ring (bicyclic) bond motifs is 1. The molecule has 0 aliphatic heterocycles. The molecule has 1 aromatic heterocycles. The van der Waals surface area contributed by atoms with E-state index in [1.165, 1.54) is 5.52 Å². The van der Waals surface area contributed by atoms with Crippen LogP contribution in [0.4, 0.5) is 0 Å². The third-order valence-electron chi connectivity index (χ3n) is 6.64. The smallest absolute Gasteiger partial charge is 0.251 e. The van der Waals surface area contributed by atoms with Gasteiger partial charge in [0.2, 0.25) is 0 Å². The van der Waals surface area contributed by atoms with Crippen LogP contribution >= 0.6 is 23.2 Å². The van der Waals surface area contributed by atoms with Gasteiger partial charge in [0, 0.05) is 35.1 Å². The van der Waals surface area contributed by atoms with Crippen LogP contribution in [0.2, 0.25) is 10.0 Å². The monoisotopic (exact) mass is 551 g/mol. The average Bonchev–Trinajstić information content (AvgIpc) is 3.26. The second-order valence-electron chi connectivity index (χ2n) is 9.67. The van der Waals surface area contributed by atoms with Crippen molar-refractivity contribution < 1.29 is 9.53 Å². The van der Waals surface area contributed by atoms with E-state index >= 15 is 0 Å². The highest BCUT2D eigenvalue weighted by Gasteiger charge is 2.11. The Hall–Kier alpha value is -3.02. The minimum absolute atomic E-state index is 0.0837. The Labute approximate surface area is 235 Å². The first kappa shape index (κ1) is 28.0. The van der Waals surface area contributed by atoms with E-state index in [1.807, 2.05) is 32.0 Å². The van der Waals surface area contributed by atoms with Crippen LogP contribution in [0.5, 0.6) is 5.75 Å². The molecule has 4 rings (SSSR count). The van der Waals surface area contributed by atoms with Gasteiger partial charge in [-0.2, -0.15) is 0 Å². The van der Waals surface area contributed by atoms with Gasteiger partial charge in [0.25, 0.3) is 5.91 Å². The van der Waals surface area contributed by atoms with Crippen LogP contribution < -0.4 is 10.1 Å². The summed E-state index contributed by atoms with van der Waals surface area (Å²) in [7, 11) is 0. The van der Waals surface area contributed by atoms with E-state index in [0.29, 0.717) is 23.7 Å². The summed E-state index contributed by atoms with van der Waals surface area (Å²) in [6.07, 6.45) is 5.85. The second kappa shape index (κ2) is 13.7. The van der Waals surface area contributed by atoms with E-state index in [0.717, 1.165) is 78.3 Å². The molecule has 0 saturated heterocycles. The lowest BCUT2D eigenvalue weighted by Gasteiger charge is -2.12. The molecule has 0 bridgehead atoms. The Morgan fingerprint density at radius 1 is 0.921 bits per heavy atom. The summed E-state index contributed by atoms with van der Waals surface area (Å²) >= 11 is 12.3. The van der Waals surface area contributed by atoms with Crippen molar-refractivity contribution in [3.63, 3.8) is 0 Å². The number of hydrogen-bond donors (Lipinski definition) is 1. The number of carbonyl (C=O) groups is 1. The van der Waals surface area contributed by atoms with Gasteiger partial charge in [-0.1, -0.05) is 47.8 Å². The van der Waals surface area contributed by atoms with Crippen LogP contribution in [-0.2, 0) is 13.0 Å². The van der Waals surface area contributed by atoms with E-state index in [1.54, 1.807) is 24.3 Å². The number of aromatic nitrogens is 2. The number of nitrogens with one attached hydrogen (secondary N) is 1. The topological polar surface area (TPSA) is 56.1 Å². The van der Waals surface area contributed by atoms with E-state index in [2.05, 4.69) is 28.1 Å². The third-order valence-corrected chi connectivity index (χ3v) is 7.47. The van der Waals surface area contributed by atoms with E-state index in [4.69, 9.17) is 32.9 Å². The zero-order chi connectivity index (χ0) is 26.9. The fraction of sp³-hybridized carbons (Fsp3) is 0.355. The molecule has 0 aliphatic rings. The number of aryl methyl sites for hydroxylation is 4. The Balaban J connectivity index is 1.23. The number of para-hydroxylation sites is 2. The van der Waals surface area contributed by atoms with Gasteiger partial charge in [0.15, 0.2) is 0 Å². The normalized spacial score (nSPS) is 11.2. The average molecular weight is 553 g/mol. The number of carbonyl (C=O) groups excluding carboxylic acids is 1. The standard InChI is InChI=1S/C31H35Cl2N3O2/c1-22-19-26(20-23(2)30(22)33)38-18-9-8-17-36-28-14-6-5-13-27(28)35-29(36)15-4-3-7-16-34-31(37)24-11-10-12-25(32)21-24/h5-6,10-14,19-21H,3-4,7-9,15-18H2,1-2H3,(H,34,37). The van der Waals surface area contributed by atoms with Crippen LogP contribution in [0.1, 0.15) is 59.4 Å². The molecule has 0 fully saturated rings. The number of rotatable bonds is 13. The molecule has 3 aromatic carbocycles. The maximum absolute atomic E-state index is 12.3. The summed E-state index contributed by atoms with van der Waals surface area (Å²) in [6.45, 7) is 6.24. The summed E-state index contributed by atoms with van der Waals surface area (Å²) in [5, 5.41) is 4.36. The van der Waals surface area contributed by atoms with Gasteiger partial charge < -0.3 is 14.6 Å². The summed E-state index contributed by atoms with van der Waals surface area (Å²) in [6, 6.07) is 19.3. The highest BCUT2D eigenvalue weighted by Crippen LogP contribution is 2.26. The van der Waals surface area contributed by atoms with Crippen LogP contribution in [0.15, 0.2) is 60.7 Å². The zero-order valence-corrected chi connectivity index (χ0v) is 23.6. The van der Waals surface area contributed by atoms with Crippen molar-refractivity contribution in [1.82, 2.24) is 14.9 Å². The maximum atomic E-state index is 12.3. The van der Waals surface area contributed by atoms with Crippen molar-refractivity contribution >= 4 is 40.1 Å². The van der Waals surface area contributed by atoms with E-state index < -0.39 is 0 Å². The Morgan fingerprint density at radius 3 is 2.50 bits per heavy atom. The number of imidazole rings is 1. The number of amides is 1. The van der Waals surface area contributed by atoms with Crippen molar-refractivity contribution in [3.8, 4) is 5.75 Å². The van der Waals surface area contributed by atoms with Crippen LogP contribution in [0, 0.1) is 13.8 Å². The molecule has 0 aliphatic carbocycles. The summed E-state index contributed by atoms with van der Waals surface area (Å²) in [4.78, 5) is 17.2. The van der Waals surface area contributed by atoms with Gasteiger partial charge in [-0.25, -0.2) is 4.98 Å². The molecule has 1 heterocycles. The molecule has 0 radical (unpaired) electrons. The quantitative estimate of drug-likeness (QED) is 0.171. The molecule has 200 valence electrons. The van der Waals surface area contributed by atoms with Gasteiger partial charge in [-0.05, 0) is 93.1 Å². The minimum Gasteiger partial charge on any atom is -0.494 e. The Morgan fingerprint density at radius 2 is 1.71 bits per heavy atom. The number of hydrogen-bond acceptors (Lipinski definition) is 3. The SMILES string of the molecule is Cc1cc(OCCCCn2c(CCCCCNC(=O)c3cccc(Cl)c3)nc3ccccc32)cc(C)c1Cl. The first-order valence-electron chi connectivity index (χ1n) is 13.3. The number of nitrogens with zero attached hydrogens (tertiary/aromatic N) is 2. The van der Waals surface area contributed by atoms with Gasteiger partial charge in [0.1, 0.15) is 11.6 Å². The fourth-order valence-corrected chi connectivity index (χ4v) is 4.94. The summed E-state index contributed by atoms with van der Waals surface area (Å²) < 4.78 is 8.35. The van der Waals surface area contributed by atoms with Crippen molar-refractivity contribution in [2.75, 3.05) is 13.2 Å². The number of halogens is 2. The van der Waals surface area contributed by atoms with Crippen LogP contribution in [0.3, 0.4) is 0 Å². The summed E-state index contributed by atoms with van der Waals surface area (Å²) in [5.74, 6) is 1.92. The van der Waals surface area contributed by atoms with Crippen molar-refractivity contribution in [2.24, 2.45) is 0 Å². The van der Waals surface area contributed by atoms with Crippen molar-refractivity contribution in [3.05, 3.63) is 93.2 Å². The molecule has 38 heavy (non-hydrogen) atoms. The number of benzene rings is 3. The molecule has 1 N–H and O–H groups in total. The molecular formula is C31H35Cl2N3O2. The predicted octanol–water partition coefficient (Wildman–Crippen LogP) is 7.96. The number of ether oxygens (including phenoxy) is 1. The molecule has 0 spiro atoms. The maximum Gasteiger partial charge on any atom is 0.251 e. The van der Waals surface area contributed by atoms with Crippen molar-refractivity contribution in [1.29, 1.82) is 0 Å². The molecule has 0 saturated carbocycles. The minimum atomic E-state index is -0.0837. The van der Waals surface area contributed by atoms with Gasteiger partial charge in [-0.3, -0.25) is 4.79 Å². The Kier molecular flexibility index (Phi) is 10.1. The molecule has 4 aromatic rings. The molecular weight excluding hydrogens is 517 g/mol. The van der Waals surface area contributed by atoms with E-state index in [9.17, 15) is 4.79 Å². The highest BCUT2D eigenvalue weighted by atomic mass is 35.5. The van der Waals surface area contributed by atoms with E-state index in [-0.39, 0.29) is 5.91 Å². The number of unbranched alkanes of at least 4 members (excludes halogenated alkanes) is 3. The van der Waals surface area contributed by atoms with Gasteiger partial charge in [-0.15, -0.1) is 0 Å². The second-order valence-corrected chi connectivity index (χ2v) is 10.5. The van der Waals surface area contributed by atoms with Gasteiger partial charge in [0.05, 0.1) is 17.6 Å². The first-order valence-corrected chi connectivity index (χ1v) is 14.1. The van der Waals surface area contributed by atoms with Crippen molar-refractivity contribution in [2.45, 2.75) is 58.9 Å².